The summed E-state index contributed by atoms with van der Waals surface area (Å²) < 4.78 is 0. The average Bonchev–Trinajstić information content (AvgIpc) is 3.48. The molecule has 15 heteroatoms. The first-order valence-corrected chi connectivity index (χ1v) is 12.4. The Bertz CT molecular complexity index is 1460. The van der Waals surface area contributed by atoms with Gasteiger partial charge in [0.05, 0.1) is 6.04 Å². The average molecular weight is 563 g/mol. The number of carboxylic acid groups (broad SMARTS) is 1. The van der Waals surface area contributed by atoms with E-state index in [1.54, 1.807) is 12.1 Å². The van der Waals surface area contributed by atoms with Gasteiger partial charge in [0.2, 0.25) is 0 Å². The third kappa shape index (κ3) is 5.15. The van der Waals surface area contributed by atoms with Crippen molar-refractivity contribution in [3.63, 3.8) is 0 Å². The number of nitrogen functional groups attached to an aromatic ring is 1. The van der Waals surface area contributed by atoms with E-state index in [0.717, 1.165) is 16.2 Å². The Morgan fingerprint density at radius 2 is 1.95 bits per heavy atom. The predicted molar refractivity (Wildman–Crippen MR) is 136 cm³/mol. The maximum absolute atomic E-state index is 13.0. The van der Waals surface area contributed by atoms with Gasteiger partial charge in [-0.2, -0.15) is 0 Å². The number of nitrogens with one attached hydrogen (secondary N) is 1. The Hall–Kier alpha value is -3.72. The van der Waals surface area contributed by atoms with Crippen molar-refractivity contribution in [1.82, 2.24) is 15.2 Å². The summed E-state index contributed by atoms with van der Waals surface area (Å²) in [7, 11) is 0. The normalized spacial score (nSPS) is 21.9. The van der Waals surface area contributed by atoms with Crippen LogP contribution in [0.5, 0.6) is 5.75 Å². The van der Waals surface area contributed by atoms with Crippen molar-refractivity contribution in [1.29, 1.82) is 0 Å². The zero-order valence-corrected chi connectivity index (χ0v) is 23.5. The van der Waals surface area contributed by atoms with E-state index in [-0.39, 0.29) is 65.6 Å². The fourth-order valence-corrected chi connectivity index (χ4v) is 5.44. The molecule has 2 atom stereocenters. The number of aromatic nitrogens is 1. The number of benzene rings is 1. The van der Waals surface area contributed by atoms with Crippen LogP contribution in [0.4, 0.5) is 10.8 Å². The van der Waals surface area contributed by atoms with E-state index in [1.807, 2.05) is 0 Å². The molecule has 1 aromatic carbocycles. The van der Waals surface area contributed by atoms with Gasteiger partial charge in [0.25, 0.3) is 17.7 Å². The van der Waals surface area contributed by atoms with E-state index < -0.39 is 35.6 Å². The molecule has 39 heavy (non-hydrogen) atoms. The number of anilines is 2. The second-order valence-electron chi connectivity index (χ2n) is 8.86. The van der Waals surface area contributed by atoms with Crippen LogP contribution in [0.25, 0.3) is 0 Å². The van der Waals surface area contributed by atoms with E-state index in [1.165, 1.54) is 28.5 Å². The predicted octanol–water partition coefficient (Wildman–Crippen LogP) is -2.08. The van der Waals surface area contributed by atoms with Crippen molar-refractivity contribution >= 4 is 51.6 Å². The summed E-state index contributed by atoms with van der Waals surface area (Å²) in [6.07, 6.45) is 2.53. The largest absolute Gasteiger partial charge is 1.00 e. The van der Waals surface area contributed by atoms with E-state index >= 15 is 0 Å². The van der Waals surface area contributed by atoms with Gasteiger partial charge in [0.15, 0.2) is 10.8 Å². The van der Waals surface area contributed by atoms with Gasteiger partial charge in [-0.1, -0.05) is 5.16 Å². The fourth-order valence-electron chi connectivity index (χ4n) is 4.89. The van der Waals surface area contributed by atoms with Gasteiger partial charge in [-0.25, -0.2) is 9.78 Å². The maximum Gasteiger partial charge on any atom is 1.00 e. The van der Waals surface area contributed by atoms with E-state index in [9.17, 15) is 34.6 Å². The van der Waals surface area contributed by atoms with Gasteiger partial charge in [0, 0.05) is 23.2 Å². The zero-order valence-electron chi connectivity index (χ0n) is 21.7. The molecular formula is C24H23N6NaO7S. The Morgan fingerprint density at radius 3 is 2.56 bits per heavy atom. The molecule has 0 radical (unpaired) electrons. The molecule has 0 unspecified atom stereocenters. The molecule has 13 nitrogen and oxygen atoms in total. The summed E-state index contributed by atoms with van der Waals surface area (Å²) in [5.74, 6) is -3.01. The number of amides is 3. The first-order chi connectivity index (χ1) is 18.2. The standard InChI is InChI=1S/C24H22N6O7S.Na.H/c25-24-26-15(10-38-24)17(28-37)20(32)27-18-16-6-1-11(19(23(35)36)30(16)22(18)34)9-12-7-8-29(21(12)33)13-2-4-14(31)5-3-13;;/h2-5,9-10,16,18,31,37H,1,6-8H2,(H2,25,26)(H,27,32)(H,35,36);;/q;+1;-1/b12-9+,28-17-;;/t16-,18+;;/m1../s1. The number of nitrogens with two attached hydrogens (primary N) is 1. The number of allylic oxidation sites excluding steroid dienone is 2. The molecule has 3 amide bonds. The number of phenolic OH excluding ortho intramolecular Hbond substituents is 1. The quantitative estimate of drug-likeness (QED) is 0.0655. The number of phenols is 1. The molecule has 0 aliphatic carbocycles. The molecule has 2 saturated heterocycles. The molecule has 6 N–H and O–H groups in total. The number of nitrogens with zero attached hydrogens (tertiary/aromatic N) is 4. The van der Waals surface area contributed by atoms with Crippen LogP contribution in [0.1, 0.15) is 26.4 Å². The molecule has 2 fully saturated rings. The summed E-state index contributed by atoms with van der Waals surface area (Å²) in [4.78, 5) is 57.4. The molecule has 198 valence electrons. The molecule has 2 aromatic rings. The molecule has 3 aliphatic heterocycles. The van der Waals surface area contributed by atoms with E-state index in [2.05, 4.69) is 15.5 Å². The molecule has 0 bridgehead atoms. The van der Waals surface area contributed by atoms with E-state index in [4.69, 9.17) is 5.73 Å². The Labute approximate surface area is 249 Å². The number of oxime groups is 1. The van der Waals surface area contributed by atoms with Crippen molar-refractivity contribution in [2.75, 3.05) is 17.2 Å². The molecular weight excluding hydrogens is 539 g/mol. The van der Waals surface area contributed by atoms with Crippen molar-refractivity contribution in [3.05, 3.63) is 58.3 Å². The van der Waals surface area contributed by atoms with Crippen LogP contribution in [-0.2, 0) is 19.2 Å². The van der Waals surface area contributed by atoms with Crippen molar-refractivity contribution in [2.24, 2.45) is 5.16 Å². The molecule has 3 aliphatic rings. The number of aliphatic carboxylic acids is 1. The number of aromatic hydroxyl groups is 1. The third-order valence-corrected chi connectivity index (χ3v) is 7.35. The minimum atomic E-state index is -1.32. The number of hydrogen-bond acceptors (Lipinski definition) is 10. The van der Waals surface area contributed by atoms with Crippen LogP contribution in [0, 0.1) is 0 Å². The monoisotopic (exact) mass is 562 g/mol. The van der Waals surface area contributed by atoms with Crippen LogP contribution in [0.2, 0.25) is 0 Å². The zero-order chi connectivity index (χ0) is 27.1. The molecule has 1 aromatic heterocycles. The number of β-lactam (4-membered cyclic amide) rings is 1. The topological polar surface area (TPSA) is 199 Å². The number of fused-ring (bicyclic) bond motifs is 1. The number of thiazole rings is 1. The summed E-state index contributed by atoms with van der Waals surface area (Å²) in [6.45, 7) is 0.393. The summed E-state index contributed by atoms with van der Waals surface area (Å²) in [6, 6.07) is 4.55. The first kappa shape index (κ1) is 28.3. The number of carbonyl (C=O) groups excluding carboxylic acids is 3. The molecule has 4 heterocycles. The minimum absolute atomic E-state index is 0. The van der Waals surface area contributed by atoms with Crippen LogP contribution in [0.15, 0.2) is 57.7 Å². The van der Waals surface area contributed by atoms with Gasteiger partial charge in [-0.15, -0.1) is 11.3 Å². The number of carboxylic acids is 1. The van der Waals surface area contributed by atoms with E-state index in [0.29, 0.717) is 36.2 Å². The number of carbonyl (C=O) groups is 4. The fraction of sp³-hybridized carbons (Fsp3) is 0.250. The minimum Gasteiger partial charge on any atom is -1.00 e. The van der Waals surface area contributed by atoms with Gasteiger partial charge in [-0.05, 0) is 55.2 Å². The second kappa shape index (κ2) is 11.2. The molecule has 0 spiro atoms. The van der Waals surface area contributed by atoms with Gasteiger partial charge in [0.1, 0.15) is 23.2 Å². The first-order valence-electron chi connectivity index (χ1n) is 11.5. The van der Waals surface area contributed by atoms with Crippen LogP contribution >= 0.6 is 11.3 Å². The van der Waals surface area contributed by atoms with Crippen molar-refractivity contribution < 1.29 is 65.6 Å². The van der Waals surface area contributed by atoms with Crippen molar-refractivity contribution in [3.8, 4) is 5.75 Å². The molecule has 5 rings (SSSR count). The third-order valence-electron chi connectivity index (χ3n) is 6.68. The Kier molecular flexibility index (Phi) is 8.11. The summed E-state index contributed by atoms with van der Waals surface area (Å²) in [5, 5.41) is 35.8. The van der Waals surface area contributed by atoms with Crippen molar-refractivity contribution in [2.45, 2.75) is 31.3 Å². The van der Waals surface area contributed by atoms with Gasteiger partial charge < -0.3 is 32.8 Å². The maximum atomic E-state index is 13.0. The summed E-state index contributed by atoms with van der Waals surface area (Å²) in [5.41, 5.74) is 6.32. The number of rotatable bonds is 6. The smallest absolute Gasteiger partial charge is 1.00 e. The van der Waals surface area contributed by atoms with Gasteiger partial charge in [-0.3, -0.25) is 19.3 Å². The second-order valence-corrected chi connectivity index (χ2v) is 9.75. The Morgan fingerprint density at radius 1 is 1.23 bits per heavy atom. The van der Waals surface area contributed by atoms with Crippen LogP contribution in [0.3, 0.4) is 0 Å². The van der Waals surface area contributed by atoms with Crippen LogP contribution < -0.4 is 45.5 Å². The number of hydrogen-bond donors (Lipinski definition) is 5. The molecule has 0 saturated carbocycles. The van der Waals surface area contributed by atoms with Crippen LogP contribution in [-0.4, -0.2) is 73.3 Å². The Balaban J connectivity index is 0.00000220. The van der Waals surface area contributed by atoms with Gasteiger partial charge >= 0.3 is 35.5 Å². The SMILES string of the molecule is Nc1nc(/C(=N/O)C(=O)N[C@@H]2C(=O)N3C(C(=O)O)=C(/C=C4\CCN(c5ccc(O)cc5)C4=O)CC[C@H]23)cs1.[H-].[Na+]. The summed E-state index contributed by atoms with van der Waals surface area (Å²) >= 11 is 1.04.